The number of ether oxygens (including phenoxy) is 2. The van der Waals surface area contributed by atoms with Crippen LogP contribution in [0.5, 0.6) is 5.75 Å². The van der Waals surface area contributed by atoms with Crippen LogP contribution in [0.15, 0.2) is 42.5 Å². The normalized spacial score (nSPS) is 18.5. The summed E-state index contributed by atoms with van der Waals surface area (Å²) in [6.07, 6.45) is 18.2. The van der Waals surface area contributed by atoms with Gasteiger partial charge in [-0.1, -0.05) is 103 Å². The molecule has 2 aromatic carbocycles. The highest BCUT2D eigenvalue weighted by atomic mass is 19.1. The van der Waals surface area contributed by atoms with E-state index in [4.69, 9.17) is 9.47 Å². The summed E-state index contributed by atoms with van der Waals surface area (Å²) in [5.41, 5.74) is 1.78. The zero-order valence-electron chi connectivity index (χ0n) is 25.4. The Morgan fingerprint density at radius 2 is 1.44 bits per heavy atom. The molecule has 0 atom stereocenters. The van der Waals surface area contributed by atoms with Gasteiger partial charge in [-0.2, -0.15) is 5.26 Å². The molecule has 4 nitrogen and oxygen atoms in total. The molecule has 1 fully saturated rings. The highest BCUT2D eigenvalue weighted by Crippen LogP contribution is 2.41. The highest BCUT2D eigenvalue weighted by molar-refractivity contribution is 5.90. The maximum Gasteiger partial charge on any atom is 0.338 e. The van der Waals surface area contributed by atoms with Gasteiger partial charge >= 0.3 is 5.97 Å². The van der Waals surface area contributed by atoms with Gasteiger partial charge in [0.05, 0.1) is 23.7 Å². The second-order valence-corrected chi connectivity index (χ2v) is 11.9. The van der Waals surface area contributed by atoms with E-state index in [1.165, 1.54) is 63.9 Å². The largest absolute Gasteiger partial charge is 0.491 e. The summed E-state index contributed by atoms with van der Waals surface area (Å²) in [7, 11) is 0. The SMILES string of the molecule is CCCCCCCCCOc1ccc(-c2ccc(C(=O)OC3CCC(C#N)(CCCCCCC)CC3)cc2)cc1F. The Morgan fingerprint density at radius 3 is 2.05 bits per heavy atom. The number of carbonyl (C=O) groups is 1. The Bertz CT molecular complexity index is 1080. The van der Waals surface area contributed by atoms with Crippen LogP contribution in [0, 0.1) is 22.6 Å². The van der Waals surface area contributed by atoms with Crippen molar-refractivity contribution in [2.45, 2.75) is 129 Å². The lowest BCUT2D eigenvalue weighted by molar-refractivity contribution is 0.0105. The molecule has 0 saturated heterocycles. The van der Waals surface area contributed by atoms with Gasteiger partial charge in [0.1, 0.15) is 6.10 Å². The number of carbonyl (C=O) groups excluding carboxylic acids is 1. The standard InChI is InChI=1S/C36H50FNO3/c1-3-5-7-9-10-12-14-26-40-34-20-19-31(27-33(34)37)29-15-17-30(18-16-29)35(39)41-32-21-24-36(28-38,25-22-32)23-13-11-8-6-4-2/h15-20,27,32H,3-14,21-26H2,1-2H3. The molecule has 1 aliphatic carbocycles. The molecule has 2 aromatic rings. The van der Waals surface area contributed by atoms with Crippen molar-refractivity contribution >= 4 is 5.97 Å². The van der Waals surface area contributed by atoms with Crippen molar-refractivity contribution < 1.29 is 18.7 Å². The minimum Gasteiger partial charge on any atom is -0.491 e. The minimum absolute atomic E-state index is 0.147. The summed E-state index contributed by atoms with van der Waals surface area (Å²) in [5.74, 6) is -0.434. The second kappa shape index (κ2) is 17.8. The zero-order chi connectivity index (χ0) is 29.3. The average molecular weight is 564 g/mol. The fraction of sp³-hybridized carbons (Fsp3) is 0.611. The first-order valence-corrected chi connectivity index (χ1v) is 16.2. The van der Waals surface area contributed by atoms with Crippen molar-refractivity contribution in [3.05, 3.63) is 53.8 Å². The molecular weight excluding hydrogens is 513 g/mol. The third-order valence-electron chi connectivity index (χ3n) is 8.55. The number of unbranched alkanes of at least 4 members (excludes halogenated alkanes) is 10. The molecule has 3 rings (SSSR count). The van der Waals surface area contributed by atoms with Crippen LogP contribution in [-0.2, 0) is 4.74 Å². The van der Waals surface area contributed by atoms with Crippen molar-refractivity contribution in [1.82, 2.24) is 0 Å². The first-order chi connectivity index (χ1) is 20.0. The summed E-state index contributed by atoms with van der Waals surface area (Å²) >= 11 is 0. The summed E-state index contributed by atoms with van der Waals surface area (Å²) in [6, 6.07) is 14.7. The quantitative estimate of drug-likeness (QED) is 0.134. The van der Waals surface area contributed by atoms with Crippen LogP contribution in [0.25, 0.3) is 11.1 Å². The molecule has 1 saturated carbocycles. The molecule has 224 valence electrons. The van der Waals surface area contributed by atoms with Crippen LogP contribution in [-0.4, -0.2) is 18.7 Å². The highest BCUT2D eigenvalue weighted by Gasteiger charge is 2.36. The first-order valence-electron chi connectivity index (χ1n) is 16.2. The first kappa shape index (κ1) is 32.6. The molecule has 0 unspecified atom stereocenters. The zero-order valence-corrected chi connectivity index (χ0v) is 25.4. The fourth-order valence-electron chi connectivity index (χ4n) is 5.80. The summed E-state index contributed by atoms with van der Waals surface area (Å²) in [6.45, 7) is 4.95. The second-order valence-electron chi connectivity index (χ2n) is 11.9. The summed E-state index contributed by atoms with van der Waals surface area (Å²) < 4.78 is 26.2. The van der Waals surface area contributed by atoms with E-state index < -0.39 is 0 Å². The summed E-state index contributed by atoms with van der Waals surface area (Å²) in [4.78, 5) is 12.8. The molecule has 0 spiro atoms. The predicted molar refractivity (Wildman–Crippen MR) is 164 cm³/mol. The number of benzene rings is 2. The maximum atomic E-state index is 14.7. The monoisotopic (exact) mass is 563 g/mol. The predicted octanol–water partition coefficient (Wildman–Crippen LogP) is 10.6. The van der Waals surface area contributed by atoms with E-state index in [0.29, 0.717) is 12.2 Å². The van der Waals surface area contributed by atoms with Gasteiger partial charge in [-0.15, -0.1) is 0 Å². The Kier molecular flexibility index (Phi) is 14.2. The van der Waals surface area contributed by atoms with E-state index in [2.05, 4.69) is 19.9 Å². The van der Waals surface area contributed by atoms with Gasteiger partial charge in [0.2, 0.25) is 0 Å². The van der Waals surface area contributed by atoms with Gasteiger partial charge in [0.25, 0.3) is 0 Å². The lowest BCUT2D eigenvalue weighted by atomic mass is 9.71. The molecule has 41 heavy (non-hydrogen) atoms. The number of rotatable bonds is 18. The van der Waals surface area contributed by atoms with Crippen LogP contribution < -0.4 is 4.74 Å². The van der Waals surface area contributed by atoms with Crippen molar-refractivity contribution in [3.8, 4) is 22.9 Å². The summed E-state index contributed by atoms with van der Waals surface area (Å²) in [5, 5.41) is 9.84. The number of esters is 1. The number of halogens is 1. The van der Waals surface area contributed by atoms with E-state index in [-0.39, 0.29) is 29.1 Å². The van der Waals surface area contributed by atoms with E-state index >= 15 is 0 Å². The van der Waals surface area contributed by atoms with Gasteiger partial charge in [0, 0.05) is 0 Å². The molecule has 0 amide bonds. The van der Waals surface area contributed by atoms with Crippen molar-refractivity contribution in [2.24, 2.45) is 5.41 Å². The Hall–Kier alpha value is -2.87. The van der Waals surface area contributed by atoms with E-state index in [0.717, 1.165) is 62.5 Å². The lowest BCUT2D eigenvalue weighted by Crippen LogP contribution is -2.31. The van der Waals surface area contributed by atoms with Gasteiger partial charge in [-0.05, 0) is 73.9 Å². The number of nitriles is 1. The fourth-order valence-corrected chi connectivity index (χ4v) is 5.80. The maximum absolute atomic E-state index is 14.7. The number of hydrogen-bond donors (Lipinski definition) is 0. The topological polar surface area (TPSA) is 59.3 Å². The Labute approximate surface area is 247 Å². The lowest BCUT2D eigenvalue weighted by Gasteiger charge is -2.34. The van der Waals surface area contributed by atoms with Crippen LogP contribution in [0.2, 0.25) is 0 Å². The molecule has 0 radical (unpaired) electrons. The van der Waals surface area contributed by atoms with Crippen LogP contribution in [0.1, 0.15) is 133 Å². The molecule has 0 heterocycles. The van der Waals surface area contributed by atoms with Crippen LogP contribution in [0.4, 0.5) is 4.39 Å². The molecule has 0 aromatic heterocycles. The van der Waals surface area contributed by atoms with Crippen molar-refractivity contribution in [3.63, 3.8) is 0 Å². The van der Waals surface area contributed by atoms with Gasteiger partial charge in [-0.25, -0.2) is 9.18 Å². The smallest absolute Gasteiger partial charge is 0.338 e. The molecular formula is C36H50FNO3. The average Bonchev–Trinajstić information content (AvgIpc) is 3.00. The van der Waals surface area contributed by atoms with Crippen molar-refractivity contribution in [2.75, 3.05) is 6.61 Å². The van der Waals surface area contributed by atoms with Gasteiger partial charge in [-0.3, -0.25) is 0 Å². The molecule has 0 N–H and O–H groups in total. The molecule has 5 heteroatoms. The molecule has 1 aliphatic rings. The third-order valence-corrected chi connectivity index (χ3v) is 8.55. The molecule has 0 aliphatic heterocycles. The number of nitrogens with zero attached hydrogens (tertiary/aromatic N) is 1. The Balaban J connectivity index is 1.43. The van der Waals surface area contributed by atoms with Gasteiger partial charge in [0.15, 0.2) is 11.6 Å². The number of hydrogen-bond acceptors (Lipinski definition) is 4. The van der Waals surface area contributed by atoms with Crippen LogP contribution >= 0.6 is 0 Å². The van der Waals surface area contributed by atoms with E-state index in [1.54, 1.807) is 18.2 Å². The van der Waals surface area contributed by atoms with Crippen molar-refractivity contribution in [1.29, 1.82) is 5.26 Å². The Morgan fingerprint density at radius 1 is 0.854 bits per heavy atom. The van der Waals surface area contributed by atoms with E-state index in [1.807, 2.05) is 18.2 Å². The van der Waals surface area contributed by atoms with Gasteiger partial charge < -0.3 is 9.47 Å². The minimum atomic E-state index is -0.374. The van der Waals surface area contributed by atoms with E-state index in [9.17, 15) is 14.4 Å². The third kappa shape index (κ3) is 10.8. The van der Waals surface area contributed by atoms with Crippen LogP contribution in [0.3, 0.4) is 0 Å². The molecule has 0 bridgehead atoms.